The Bertz CT molecular complexity index is 1070. The van der Waals surface area contributed by atoms with Gasteiger partial charge in [0, 0.05) is 30.3 Å². The highest BCUT2D eigenvalue weighted by Gasteiger charge is 2.24. The van der Waals surface area contributed by atoms with E-state index in [1.165, 1.54) is 32.5 Å². The number of esters is 1. The number of ketones is 1. The van der Waals surface area contributed by atoms with Gasteiger partial charge in [0.1, 0.15) is 11.3 Å². The Labute approximate surface area is 161 Å². The van der Waals surface area contributed by atoms with Crippen LogP contribution < -0.4 is 5.56 Å². The van der Waals surface area contributed by atoms with E-state index in [0.717, 1.165) is 4.68 Å². The highest BCUT2D eigenvalue weighted by atomic mass is 35.5. The van der Waals surface area contributed by atoms with Gasteiger partial charge in [0.25, 0.3) is 5.56 Å². The lowest BCUT2D eigenvalue weighted by atomic mass is 10.0. The zero-order valence-corrected chi connectivity index (χ0v) is 16.9. The molecule has 10 heteroatoms. The molecule has 2 rings (SSSR count). The maximum Gasteiger partial charge on any atom is 0.340 e. The minimum absolute atomic E-state index is 0.00403. The number of nitrogens with zero attached hydrogens (tertiary/aromatic N) is 2. The molecule has 0 spiro atoms. The molecule has 0 bridgehead atoms. The SMILES string of the molecule is CCS(=O)(CC)=Nc1c(C(=O)OC)ccc(C(=O)c2c[nH]n(C)c2=O)c1Cl. The number of nitrogens with one attached hydrogen (secondary N) is 1. The Hall–Kier alpha value is -2.39. The second-order valence-corrected chi connectivity index (χ2v) is 8.90. The van der Waals surface area contributed by atoms with Crippen molar-refractivity contribution in [2.45, 2.75) is 13.8 Å². The van der Waals surface area contributed by atoms with Crippen LogP contribution >= 0.6 is 11.6 Å². The van der Waals surface area contributed by atoms with Crippen LogP contribution in [0.1, 0.15) is 40.1 Å². The predicted molar refractivity (Wildman–Crippen MR) is 104 cm³/mol. The summed E-state index contributed by atoms with van der Waals surface area (Å²) < 4.78 is 22.9. The molecule has 2 aromatic rings. The molecule has 1 heterocycles. The maximum atomic E-state index is 12.8. The smallest absolute Gasteiger partial charge is 0.340 e. The molecule has 0 radical (unpaired) electrons. The fraction of sp³-hybridized carbons (Fsp3) is 0.353. The minimum atomic E-state index is -2.67. The summed E-state index contributed by atoms with van der Waals surface area (Å²) in [7, 11) is -0.000647. The predicted octanol–water partition coefficient (Wildman–Crippen LogP) is 2.52. The van der Waals surface area contributed by atoms with Crippen molar-refractivity contribution in [3.05, 3.63) is 50.4 Å². The van der Waals surface area contributed by atoms with Gasteiger partial charge in [-0.05, 0) is 12.1 Å². The van der Waals surface area contributed by atoms with Gasteiger partial charge >= 0.3 is 5.97 Å². The lowest BCUT2D eigenvalue weighted by Crippen LogP contribution is -2.19. The first-order valence-electron chi connectivity index (χ1n) is 8.11. The van der Waals surface area contributed by atoms with E-state index in [0.29, 0.717) is 0 Å². The van der Waals surface area contributed by atoms with E-state index in [-0.39, 0.29) is 38.9 Å². The molecule has 0 saturated carbocycles. The number of ether oxygens (including phenoxy) is 1. The van der Waals surface area contributed by atoms with Crippen LogP contribution in [0.4, 0.5) is 5.69 Å². The number of aromatic amines is 1. The molecule has 0 aliphatic carbocycles. The van der Waals surface area contributed by atoms with E-state index < -0.39 is 27.0 Å². The number of hydrogen-bond acceptors (Lipinski definition) is 6. The molecule has 0 saturated heterocycles. The van der Waals surface area contributed by atoms with Crippen LogP contribution in [-0.4, -0.2) is 44.4 Å². The van der Waals surface area contributed by atoms with Crippen molar-refractivity contribution in [1.29, 1.82) is 0 Å². The first kappa shape index (κ1) is 20.9. The number of hydrogen-bond donors (Lipinski definition) is 1. The number of H-pyrrole nitrogens is 1. The summed E-state index contributed by atoms with van der Waals surface area (Å²) in [6.45, 7) is 3.42. The summed E-state index contributed by atoms with van der Waals surface area (Å²) in [6.07, 6.45) is 1.27. The number of carbonyl (C=O) groups excluding carboxylic acids is 2. The van der Waals surface area contributed by atoms with Gasteiger partial charge in [-0.3, -0.25) is 14.3 Å². The summed E-state index contributed by atoms with van der Waals surface area (Å²) in [5.41, 5.74) is -0.722. The van der Waals surface area contributed by atoms with Crippen molar-refractivity contribution in [3.63, 3.8) is 0 Å². The third kappa shape index (κ3) is 3.98. The monoisotopic (exact) mass is 413 g/mol. The summed E-state index contributed by atoms with van der Waals surface area (Å²) in [5.74, 6) is -0.858. The Morgan fingerprint density at radius 2 is 1.81 bits per heavy atom. The molecular weight excluding hydrogens is 394 g/mol. The van der Waals surface area contributed by atoms with Gasteiger partial charge in [-0.2, -0.15) is 4.36 Å². The van der Waals surface area contributed by atoms with Crippen LogP contribution in [0.3, 0.4) is 0 Å². The maximum absolute atomic E-state index is 12.8. The molecule has 0 atom stereocenters. The second kappa shape index (κ2) is 8.10. The zero-order chi connectivity index (χ0) is 20.4. The number of benzene rings is 1. The number of carbonyl (C=O) groups is 2. The standard InChI is InChI=1S/C17H20ClN3O5S/c1-5-27(25,6-2)20-14-11(17(24)26-4)8-7-10(13(14)18)15(22)12-9-19-21(3)16(12)23/h7-9,19H,5-6H2,1-4H3. The highest BCUT2D eigenvalue weighted by Crippen LogP contribution is 2.35. The lowest BCUT2D eigenvalue weighted by Gasteiger charge is -2.12. The quantitative estimate of drug-likeness (QED) is 0.577. The number of aromatic nitrogens is 2. The summed E-state index contributed by atoms with van der Waals surface area (Å²) in [6, 6.07) is 2.65. The van der Waals surface area contributed by atoms with Crippen LogP contribution in [0.5, 0.6) is 0 Å². The first-order chi connectivity index (χ1) is 12.7. The molecule has 0 fully saturated rings. The van der Waals surface area contributed by atoms with Crippen LogP contribution in [0.15, 0.2) is 27.5 Å². The Balaban J connectivity index is 2.77. The van der Waals surface area contributed by atoms with Gasteiger partial charge in [-0.1, -0.05) is 25.4 Å². The van der Waals surface area contributed by atoms with Crippen molar-refractivity contribution in [2.75, 3.05) is 18.6 Å². The largest absolute Gasteiger partial charge is 0.465 e. The second-order valence-electron chi connectivity index (χ2n) is 5.64. The van der Waals surface area contributed by atoms with Gasteiger partial charge < -0.3 is 9.84 Å². The van der Waals surface area contributed by atoms with E-state index >= 15 is 0 Å². The summed E-state index contributed by atoms with van der Waals surface area (Å²) in [5, 5.41) is 2.46. The number of halogens is 1. The summed E-state index contributed by atoms with van der Waals surface area (Å²) >= 11 is 6.37. The van der Waals surface area contributed by atoms with Gasteiger partial charge in [-0.25, -0.2) is 9.00 Å². The van der Waals surface area contributed by atoms with E-state index in [9.17, 15) is 18.6 Å². The van der Waals surface area contributed by atoms with E-state index in [1.54, 1.807) is 13.8 Å². The molecule has 0 unspecified atom stereocenters. The van der Waals surface area contributed by atoms with Crippen molar-refractivity contribution < 1.29 is 18.5 Å². The zero-order valence-electron chi connectivity index (χ0n) is 15.4. The van der Waals surface area contributed by atoms with Crippen molar-refractivity contribution in [1.82, 2.24) is 9.78 Å². The molecule has 1 aromatic carbocycles. The Morgan fingerprint density at radius 3 is 2.30 bits per heavy atom. The highest BCUT2D eigenvalue weighted by molar-refractivity contribution is 7.93. The van der Waals surface area contributed by atoms with Gasteiger partial charge in [0.2, 0.25) is 5.78 Å². The van der Waals surface area contributed by atoms with E-state index in [1.807, 2.05) is 0 Å². The third-order valence-electron chi connectivity index (χ3n) is 4.11. The van der Waals surface area contributed by atoms with Crippen molar-refractivity contribution in [2.24, 2.45) is 11.4 Å². The fourth-order valence-corrected chi connectivity index (χ4v) is 3.91. The van der Waals surface area contributed by atoms with Gasteiger partial charge in [0.05, 0.1) is 27.4 Å². The average Bonchev–Trinajstić information content (AvgIpc) is 3.00. The third-order valence-corrected chi connectivity index (χ3v) is 6.81. The molecule has 27 heavy (non-hydrogen) atoms. The normalized spacial score (nSPS) is 11.3. The van der Waals surface area contributed by atoms with Gasteiger partial charge in [-0.15, -0.1) is 0 Å². The molecule has 0 amide bonds. The van der Waals surface area contributed by atoms with E-state index in [2.05, 4.69) is 9.46 Å². The fourth-order valence-electron chi connectivity index (χ4n) is 2.37. The Kier molecular flexibility index (Phi) is 6.27. The Morgan fingerprint density at radius 1 is 1.22 bits per heavy atom. The van der Waals surface area contributed by atoms with Crippen LogP contribution in [0.25, 0.3) is 0 Å². The number of aryl methyl sites for hydroxylation is 1. The molecule has 0 aliphatic heterocycles. The molecule has 1 N–H and O–H groups in total. The van der Waals surface area contributed by atoms with Crippen molar-refractivity contribution >= 4 is 38.8 Å². The van der Waals surface area contributed by atoms with Crippen LogP contribution in [0, 0.1) is 0 Å². The number of rotatable bonds is 6. The van der Waals surface area contributed by atoms with Crippen molar-refractivity contribution in [3.8, 4) is 0 Å². The molecule has 0 aliphatic rings. The molecule has 1 aromatic heterocycles. The van der Waals surface area contributed by atoms with Crippen LogP contribution in [0.2, 0.25) is 5.02 Å². The van der Waals surface area contributed by atoms with E-state index in [4.69, 9.17) is 16.3 Å². The molecule has 8 nitrogen and oxygen atoms in total. The van der Waals surface area contributed by atoms with Crippen LogP contribution in [-0.2, 0) is 21.5 Å². The minimum Gasteiger partial charge on any atom is -0.465 e. The topological polar surface area (TPSA) is 111 Å². The summed E-state index contributed by atoms with van der Waals surface area (Å²) in [4.78, 5) is 36.9. The lowest BCUT2D eigenvalue weighted by molar-refractivity contribution is 0.0601. The molecule has 146 valence electrons. The van der Waals surface area contributed by atoms with Gasteiger partial charge in [0.15, 0.2) is 0 Å². The first-order valence-corrected chi connectivity index (χ1v) is 10.3. The molecular formula is C17H20ClN3O5S. The average molecular weight is 414 g/mol. The number of methoxy groups -OCH3 is 1.